The van der Waals surface area contributed by atoms with Crippen molar-refractivity contribution in [3.8, 4) is 6.26 Å². The molecule has 0 amide bonds. The number of hydrogen-bond acceptors (Lipinski definition) is 2. The van der Waals surface area contributed by atoms with Gasteiger partial charge in [0.05, 0.1) is 7.11 Å². The largest absolute Gasteiger partial charge is 0.431 e. The van der Waals surface area contributed by atoms with Gasteiger partial charge in [-0.2, -0.15) is 5.26 Å². The number of rotatable bonds is 0. The van der Waals surface area contributed by atoms with Crippen LogP contribution >= 0.6 is 0 Å². The Morgan fingerprint density at radius 1 is 1.00 bits per heavy atom. The first-order valence-electron chi connectivity index (χ1n) is 2.84. The monoisotopic (exact) mass is 135 g/mol. The summed E-state index contributed by atoms with van der Waals surface area (Å²) in [4.78, 5) is 0. The van der Waals surface area contributed by atoms with E-state index in [1.807, 2.05) is 36.4 Å². The van der Waals surface area contributed by atoms with Crippen molar-refractivity contribution in [3.05, 3.63) is 36.4 Å². The van der Waals surface area contributed by atoms with Gasteiger partial charge >= 0.3 is 0 Å². The Balaban J connectivity index is 0.000000180. The lowest BCUT2D eigenvalue weighted by atomic mass is 10.4. The number of methoxy groups -OCH3 is 1. The van der Waals surface area contributed by atoms with Gasteiger partial charge in [0, 0.05) is 0 Å². The van der Waals surface area contributed by atoms with Crippen LogP contribution in [0.4, 0.5) is 0 Å². The number of nitriles is 1. The van der Waals surface area contributed by atoms with Crippen LogP contribution < -0.4 is 0 Å². The van der Waals surface area contributed by atoms with E-state index >= 15 is 0 Å². The van der Waals surface area contributed by atoms with Crippen molar-refractivity contribution < 1.29 is 4.74 Å². The minimum atomic E-state index is 1.32. The van der Waals surface area contributed by atoms with Crippen LogP contribution in [0.15, 0.2) is 36.4 Å². The van der Waals surface area contributed by atoms with Gasteiger partial charge in [-0.1, -0.05) is 36.4 Å². The third-order valence-electron chi connectivity index (χ3n) is 0.758. The molecule has 0 radical (unpaired) electrons. The SMILES string of the molecule is COC#N.c1ccccc1. The highest BCUT2D eigenvalue weighted by Gasteiger charge is 1.57. The predicted octanol–water partition coefficient (Wildman–Crippen LogP) is 1.80. The van der Waals surface area contributed by atoms with Crippen LogP contribution in [0.25, 0.3) is 0 Å². The van der Waals surface area contributed by atoms with Crippen LogP contribution in [0.2, 0.25) is 0 Å². The van der Waals surface area contributed by atoms with E-state index in [4.69, 9.17) is 5.26 Å². The van der Waals surface area contributed by atoms with Crippen molar-refractivity contribution in [2.45, 2.75) is 0 Å². The third-order valence-corrected chi connectivity index (χ3v) is 0.758. The lowest BCUT2D eigenvalue weighted by Crippen LogP contribution is -1.55. The summed E-state index contributed by atoms with van der Waals surface area (Å²) in [7, 11) is 1.32. The minimum Gasteiger partial charge on any atom is -0.431 e. The fraction of sp³-hybridized carbons (Fsp3) is 0.125. The lowest BCUT2D eigenvalue weighted by Gasteiger charge is -1.69. The first-order chi connectivity index (χ1) is 4.91. The topological polar surface area (TPSA) is 33.0 Å². The number of nitrogens with zero attached hydrogens (tertiary/aromatic N) is 1. The maximum atomic E-state index is 7.40. The van der Waals surface area contributed by atoms with Crippen molar-refractivity contribution in [2.24, 2.45) is 0 Å². The van der Waals surface area contributed by atoms with Crippen LogP contribution in [-0.2, 0) is 4.74 Å². The van der Waals surface area contributed by atoms with Gasteiger partial charge in [-0.25, -0.2) is 0 Å². The molecule has 0 bridgehead atoms. The van der Waals surface area contributed by atoms with E-state index in [2.05, 4.69) is 4.74 Å². The highest BCUT2D eigenvalue weighted by Crippen LogP contribution is 1.79. The van der Waals surface area contributed by atoms with Crippen LogP contribution in [0.3, 0.4) is 0 Å². The number of benzene rings is 1. The molecule has 0 spiro atoms. The molecule has 0 N–H and O–H groups in total. The summed E-state index contributed by atoms with van der Waals surface area (Å²) in [5.41, 5.74) is 0. The molecular formula is C8H9NO. The zero-order chi connectivity index (χ0) is 7.66. The molecule has 0 heterocycles. The molecule has 1 aromatic carbocycles. The first kappa shape index (κ1) is 8.51. The Labute approximate surface area is 60.7 Å². The zero-order valence-corrected chi connectivity index (χ0v) is 5.82. The highest BCUT2D eigenvalue weighted by atomic mass is 16.5. The first-order valence-corrected chi connectivity index (χ1v) is 2.84. The van der Waals surface area contributed by atoms with E-state index in [0.29, 0.717) is 0 Å². The fourth-order valence-electron chi connectivity index (χ4n) is 0.385. The van der Waals surface area contributed by atoms with Gasteiger partial charge in [0.25, 0.3) is 6.26 Å². The van der Waals surface area contributed by atoms with Crippen molar-refractivity contribution >= 4 is 0 Å². The number of ether oxygens (including phenoxy) is 1. The summed E-state index contributed by atoms with van der Waals surface area (Å²) in [5.74, 6) is 0. The van der Waals surface area contributed by atoms with E-state index in [1.165, 1.54) is 13.4 Å². The average molecular weight is 135 g/mol. The molecule has 0 saturated carbocycles. The Hall–Kier alpha value is -1.49. The van der Waals surface area contributed by atoms with Crippen molar-refractivity contribution in [3.63, 3.8) is 0 Å². The average Bonchev–Trinajstić information content (AvgIpc) is 2.08. The molecular weight excluding hydrogens is 126 g/mol. The molecule has 0 aromatic heterocycles. The van der Waals surface area contributed by atoms with Crippen LogP contribution in [0.1, 0.15) is 0 Å². The molecule has 10 heavy (non-hydrogen) atoms. The van der Waals surface area contributed by atoms with Gasteiger partial charge in [0.2, 0.25) is 0 Å². The van der Waals surface area contributed by atoms with Crippen molar-refractivity contribution in [2.75, 3.05) is 7.11 Å². The molecule has 0 aliphatic carbocycles. The second kappa shape index (κ2) is 7.51. The molecule has 0 unspecified atom stereocenters. The molecule has 0 aliphatic rings. The van der Waals surface area contributed by atoms with Gasteiger partial charge < -0.3 is 4.74 Å². The summed E-state index contributed by atoms with van der Waals surface area (Å²) >= 11 is 0. The van der Waals surface area contributed by atoms with Gasteiger partial charge in [-0.3, -0.25) is 0 Å². The van der Waals surface area contributed by atoms with Gasteiger partial charge in [-0.15, -0.1) is 0 Å². The van der Waals surface area contributed by atoms with Crippen molar-refractivity contribution in [1.82, 2.24) is 0 Å². The molecule has 2 nitrogen and oxygen atoms in total. The van der Waals surface area contributed by atoms with E-state index in [0.717, 1.165) is 0 Å². The normalized spacial score (nSPS) is 6.40. The quantitative estimate of drug-likeness (QED) is 0.508. The lowest BCUT2D eigenvalue weighted by molar-refractivity contribution is 0.362. The Bertz CT molecular complexity index is 151. The van der Waals surface area contributed by atoms with Gasteiger partial charge in [-0.05, 0) is 0 Å². The third kappa shape index (κ3) is 6.51. The molecule has 2 heteroatoms. The molecule has 0 saturated heterocycles. The summed E-state index contributed by atoms with van der Waals surface area (Å²) in [6.45, 7) is 0. The fourth-order valence-corrected chi connectivity index (χ4v) is 0.385. The van der Waals surface area contributed by atoms with Gasteiger partial charge in [0.15, 0.2) is 0 Å². The standard InChI is InChI=1S/C6H6.C2H3NO/c1-2-4-6-5-3-1;1-4-2-3/h1-6H;1H3. The molecule has 0 atom stereocenters. The Morgan fingerprint density at radius 2 is 1.20 bits per heavy atom. The second-order valence-corrected chi connectivity index (χ2v) is 1.45. The molecule has 1 rings (SSSR count). The smallest absolute Gasteiger partial charge is 0.286 e. The summed E-state index contributed by atoms with van der Waals surface area (Å²) in [5, 5.41) is 7.40. The van der Waals surface area contributed by atoms with Crippen LogP contribution in [0.5, 0.6) is 0 Å². The van der Waals surface area contributed by atoms with Crippen LogP contribution in [-0.4, -0.2) is 7.11 Å². The Morgan fingerprint density at radius 3 is 1.30 bits per heavy atom. The number of hydrogen-bond donors (Lipinski definition) is 0. The van der Waals surface area contributed by atoms with Gasteiger partial charge in [0.1, 0.15) is 0 Å². The van der Waals surface area contributed by atoms with E-state index < -0.39 is 0 Å². The summed E-state index contributed by atoms with van der Waals surface area (Å²) < 4.78 is 3.85. The van der Waals surface area contributed by atoms with E-state index in [9.17, 15) is 0 Å². The molecule has 0 fully saturated rings. The van der Waals surface area contributed by atoms with E-state index in [1.54, 1.807) is 0 Å². The zero-order valence-electron chi connectivity index (χ0n) is 5.82. The maximum absolute atomic E-state index is 7.40. The second-order valence-electron chi connectivity index (χ2n) is 1.45. The van der Waals surface area contributed by atoms with Crippen molar-refractivity contribution in [1.29, 1.82) is 5.26 Å². The molecule has 0 aliphatic heterocycles. The highest BCUT2D eigenvalue weighted by molar-refractivity contribution is 4.99. The van der Waals surface area contributed by atoms with E-state index in [-0.39, 0.29) is 0 Å². The summed E-state index contributed by atoms with van der Waals surface area (Å²) in [6.07, 6.45) is 1.43. The predicted molar refractivity (Wildman–Crippen MR) is 39.1 cm³/mol. The molecule has 1 aromatic rings. The van der Waals surface area contributed by atoms with Crippen LogP contribution in [0, 0.1) is 11.5 Å². The molecule has 52 valence electrons. The summed E-state index contributed by atoms with van der Waals surface area (Å²) in [6, 6.07) is 12.0. The minimum absolute atomic E-state index is 1.32. The maximum Gasteiger partial charge on any atom is 0.286 e. The Kier molecular flexibility index (Phi) is 6.39.